The SMILES string of the molecule is O=C1CCC(C(=O)NCCc2ccc3c(c2)OCCCO3)=NN1. The van der Waals surface area contributed by atoms with Crippen LogP contribution in [0.25, 0.3) is 0 Å². The molecule has 23 heavy (non-hydrogen) atoms. The molecule has 0 aliphatic carbocycles. The van der Waals surface area contributed by atoms with Gasteiger partial charge in [-0.25, -0.2) is 5.43 Å². The zero-order chi connectivity index (χ0) is 16.1. The Morgan fingerprint density at radius 2 is 2.04 bits per heavy atom. The minimum absolute atomic E-state index is 0.159. The number of rotatable bonds is 4. The molecule has 7 heteroatoms. The summed E-state index contributed by atoms with van der Waals surface area (Å²) >= 11 is 0. The van der Waals surface area contributed by atoms with Crippen molar-refractivity contribution in [2.75, 3.05) is 19.8 Å². The summed E-state index contributed by atoms with van der Waals surface area (Å²) in [6.07, 6.45) is 2.23. The molecule has 0 saturated carbocycles. The molecule has 0 aromatic heterocycles. The van der Waals surface area contributed by atoms with E-state index in [9.17, 15) is 9.59 Å². The fraction of sp³-hybridized carbons (Fsp3) is 0.438. The smallest absolute Gasteiger partial charge is 0.267 e. The first kappa shape index (κ1) is 15.3. The molecule has 0 fully saturated rings. The van der Waals surface area contributed by atoms with Crippen LogP contribution in [0.5, 0.6) is 11.5 Å². The minimum atomic E-state index is -0.237. The molecule has 7 nitrogen and oxygen atoms in total. The highest BCUT2D eigenvalue weighted by molar-refractivity contribution is 6.39. The molecule has 2 N–H and O–H groups in total. The monoisotopic (exact) mass is 317 g/mol. The van der Waals surface area contributed by atoms with E-state index in [1.165, 1.54) is 0 Å². The largest absolute Gasteiger partial charge is 0.490 e. The van der Waals surface area contributed by atoms with E-state index in [-0.39, 0.29) is 11.8 Å². The van der Waals surface area contributed by atoms with Crippen LogP contribution in [0.2, 0.25) is 0 Å². The highest BCUT2D eigenvalue weighted by Gasteiger charge is 2.17. The summed E-state index contributed by atoms with van der Waals surface area (Å²) in [5.74, 6) is 1.13. The lowest BCUT2D eigenvalue weighted by atomic mass is 10.1. The van der Waals surface area contributed by atoms with Crippen molar-refractivity contribution in [1.82, 2.24) is 10.7 Å². The lowest BCUT2D eigenvalue weighted by Crippen LogP contribution is -2.37. The molecule has 3 rings (SSSR count). The van der Waals surface area contributed by atoms with Gasteiger partial charge in [-0.15, -0.1) is 0 Å². The molecule has 0 saturated heterocycles. The second-order valence-corrected chi connectivity index (χ2v) is 5.43. The van der Waals surface area contributed by atoms with Gasteiger partial charge in [-0.2, -0.15) is 5.10 Å². The van der Waals surface area contributed by atoms with Crippen LogP contribution >= 0.6 is 0 Å². The summed E-state index contributed by atoms with van der Waals surface area (Å²) in [6.45, 7) is 1.81. The van der Waals surface area contributed by atoms with E-state index >= 15 is 0 Å². The first-order chi connectivity index (χ1) is 11.2. The van der Waals surface area contributed by atoms with Gasteiger partial charge in [0.25, 0.3) is 5.91 Å². The van der Waals surface area contributed by atoms with Crippen LogP contribution in [0.3, 0.4) is 0 Å². The number of nitrogens with one attached hydrogen (secondary N) is 2. The summed E-state index contributed by atoms with van der Waals surface area (Å²) in [7, 11) is 0. The molecule has 2 aliphatic rings. The van der Waals surface area contributed by atoms with Crippen LogP contribution in [0, 0.1) is 0 Å². The maximum Gasteiger partial charge on any atom is 0.267 e. The molecule has 2 heterocycles. The van der Waals surface area contributed by atoms with E-state index in [0.717, 1.165) is 23.5 Å². The third kappa shape index (κ3) is 4.00. The molecule has 2 amide bonds. The normalized spacial score (nSPS) is 16.9. The maximum atomic E-state index is 11.9. The van der Waals surface area contributed by atoms with Crippen molar-refractivity contribution in [1.29, 1.82) is 0 Å². The van der Waals surface area contributed by atoms with Gasteiger partial charge in [-0.05, 0) is 24.1 Å². The van der Waals surface area contributed by atoms with E-state index in [0.29, 0.717) is 44.7 Å². The third-order valence-corrected chi connectivity index (χ3v) is 3.68. The molecule has 0 unspecified atom stereocenters. The lowest BCUT2D eigenvalue weighted by molar-refractivity contribution is -0.121. The number of fused-ring (bicyclic) bond motifs is 1. The van der Waals surface area contributed by atoms with Gasteiger partial charge >= 0.3 is 0 Å². The zero-order valence-corrected chi connectivity index (χ0v) is 12.8. The average molecular weight is 317 g/mol. The predicted molar refractivity (Wildman–Crippen MR) is 83.6 cm³/mol. The Bertz CT molecular complexity index is 642. The molecule has 0 radical (unpaired) electrons. The minimum Gasteiger partial charge on any atom is -0.490 e. The first-order valence-corrected chi connectivity index (χ1v) is 7.74. The number of nitrogens with zero attached hydrogens (tertiary/aromatic N) is 1. The summed E-state index contributed by atoms with van der Waals surface area (Å²) < 4.78 is 11.2. The number of hydrogen-bond donors (Lipinski definition) is 2. The van der Waals surface area contributed by atoms with E-state index in [2.05, 4.69) is 15.8 Å². The standard InChI is InChI=1S/C16H19N3O4/c20-15-5-3-12(18-19-15)16(21)17-7-6-11-2-4-13-14(10-11)23-9-1-8-22-13/h2,4,10H,1,3,5-9H2,(H,17,21)(H,19,20). The highest BCUT2D eigenvalue weighted by atomic mass is 16.5. The number of amides is 2. The molecule has 1 aromatic carbocycles. The van der Waals surface area contributed by atoms with Gasteiger partial charge in [0.15, 0.2) is 11.5 Å². The number of benzene rings is 1. The van der Waals surface area contributed by atoms with Crippen LogP contribution in [0.15, 0.2) is 23.3 Å². The Hall–Kier alpha value is -2.57. The molecule has 0 atom stereocenters. The topological polar surface area (TPSA) is 89.0 Å². The van der Waals surface area contributed by atoms with Gasteiger partial charge in [-0.3, -0.25) is 9.59 Å². The highest BCUT2D eigenvalue weighted by Crippen LogP contribution is 2.30. The van der Waals surface area contributed by atoms with Crippen molar-refractivity contribution < 1.29 is 19.1 Å². The molecular formula is C16H19N3O4. The summed E-state index contributed by atoms with van der Waals surface area (Å²) in [5, 5.41) is 6.59. The number of hydrazone groups is 1. The van der Waals surface area contributed by atoms with Crippen molar-refractivity contribution in [2.24, 2.45) is 5.10 Å². The fourth-order valence-corrected chi connectivity index (χ4v) is 2.42. The van der Waals surface area contributed by atoms with Crippen LogP contribution in [0.1, 0.15) is 24.8 Å². The molecule has 122 valence electrons. The van der Waals surface area contributed by atoms with Gasteiger partial charge in [-0.1, -0.05) is 6.07 Å². The average Bonchev–Trinajstić information content (AvgIpc) is 2.80. The first-order valence-electron chi connectivity index (χ1n) is 7.74. The van der Waals surface area contributed by atoms with Crippen LogP contribution in [-0.2, 0) is 16.0 Å². The Morgan fingerprint density at radius 3 is 2.83 bits per heavy atom. The van der Waals surface area contributed by atoms with Gasteiger partial charge in [0.1, 0.15) is 5.71 Å². The van der Waals surface area contributed by atoms with Crippen LogP contribution in [-0.4, -0.2) is 37.3 Å². The Balaban J connectivity index is 1.52. The van der Waals surface area contributed by atoms with E-state index in [1.807, 2.05) is 18.2 Å². The Morgan fingerprint density at radius 1 is 1.22 bits per heavy atom. The third-order valence-electron chi connectivity index (χ3n) is 3.68. The van der Waals surface area contributed by atoms with Crippen molar-refractivity contribution in [3.63, 3.8) is 0 Å². The molecule has 0 bridgehead atoms. The lowest BCUT2D eigenvalue weighted by Gasteiger charge is -2.12. The van der Waals surface area contributed by atoms with E-state index in [1.54, 1.807) is 0 Å². The van der Waals surface area contributed by atoms with Crippen LogP contribution < -0.4 is 20.2 Å². The number of carbonyl (C=O) groups is 2. The second kappa shape index (κ2) is 7.13. The Labute approximate surface area is 134 Å². The predicted octanol–water partition coefficient (Wildman–Crippen LogP) is 0.773. The summed E-state index contributed by atoms with van der Waals surface area (Å²) in [5.41, 5.74) is 3.75. The molecule has 2 aliphatic heterocycles. The zero-order valence-electron chi connectivity index (χ0n) is 12.8. The van der Waals surface area contributed by atoms with Crippen molar-refractivity contribution in [3.8, 4) is 11.5 Å². The van der Waals surface area contributed by atoms with Gasteiger partial charge < -0.3 is 14.8 Å². The Kier molecular flexibility index (Phi) is 4.75. The quantitative estimate of drug-likeness (QED) is 0.858. The molecular weight excluding hydrogens is 298 g/mol. The molecule has 1 aromatic rings. The van der Waals surface area contributed by atoms with Crippen molar-refractivity contribution >= 4 is 17.5 Å². The summed E-state index contributed by atoms with van der Waals surface area (Å²) in [6, 6.07) is 5.82. The van der Waals surface area contributed by atoms with Crippen molar-refractivity contribution in [2.45, 2.75) is 25.7 Å². The number of hydrogen-bond acceptors (Lipinski definition) is 5. The maximum absolute atomic E-state index is 11.9. The number of carbonyl (C=O) groups excluding carboxylic acids is 2. The van der Waals surface area contributed by atoms with Gasteiger partial charge in [0, 0.05) is 25.8 Å². The van der Waals surface area contributed by atoms with E-state index < -0.39 is 0 Å². The van der Waals surface area contributed by atoms with Gasteiger partial charge in [0.2, 0.25) is 5.91 Å². The second-order valence-electron chi connectivity index (χ2n) is 5.43. The summed E-state index contributed by atoms with van der Waals surface area (Å²) in [4.78, 5) is 22.9. The van der Waals surface area contributed by atoms with E-state index in [4.69, 9.17) is 9.47 Å². The van der Waals surface area contributed by atoms with Crippen LogP contribution in [0.4, 0.5) is 0 Å². The van der Waals surface area contributed by atoms with Gasteiger partial charge in [0.05, 0.1) is 13.2 Å². The number of ether oxygens (including phenoxy) is 2. The molecule has 0 spiro atoms. The fourth-order valence-electron chi connectivity index (χ4n) is 2.42. The van der Waals surface area contributed by atoms with Crippen molar-refractivity contribution in [3.05, 3.63) is 23.8 Å².